The van der Waals surface area contributed by atoms with Gasteiger partial charge >= 0.3 is 0 Å². The maximum absolute atomic E-state index is 12.0. The highest BCUT2D eigenvalue weighted by molar-refractivity contribution is 5.79. The molecular weight excluding hydrogens is 264 g/mol. The molecule has 0 atom stereocenters. The quantitative estimate of drug-likeness (QED) is 0.918. The number of benzene rings is 1. The first kappa shape index (κ1) is 15.0. The van der Waals surface area contributed by atoms with Crippen molar-refractivity contribution >= 4 is 5.91 Å². The molecule has 1 aromatic carbocycles. The normalized spacial score (nSPS) is 10.2. The van der Waals surface area contributed by atoms with Crippen molar-refractivity contribution in [3.8, 4) is 5.75 Å². The van der Waals surface area contributed by atoms with Crippen LogP contribution < -0.4 is 10.1 Å². The number of pyridine rings is 1. The van der Waals surface area contributed by atoms with E-state index in [4.69, 9.17) is 4.74 Å². The summed E-state index contributed by atoms with van der Waals surface area (Å²) in [5.41, 5.74) is 4.12. The van der Waals surface area contributed by atoms with Crippen LogP contribution in [0.15, 0.2) is 36.7 Å². The van der Waals surface area contributed by atoms with Gasteiger partial charge in [0.1, 0.15) is 5.75 Å². The maximum atomic E-state index is 12.0. The van der Waals surface area contributed by atoms with E-state index in [2.05, 4.69) is 10.3 Å². The summed E-state index contributed by atoms with van der Waals surface area (Å²) in [5.74, 6) is 0.860. The predicted molar refractivity (Wildman–Crippen MR) is 82.3 cm³/mol. The lowest BCUT2D eigenvalue weighted by atomic mass is 10.0. The first-order chi connectivity index (χ1) is 10.1. The molecule has 4 nitrogen and oxygen atoms in total. The molecule has 0 fully saturated rings. The molecule has 0 spiro atoms. The molecule has 2 rings (SSSR count). The number of nitrogens with zero attached hydrogens (tertiary/aromatic N) is 1. The van der Waals surface area contributed by atoms with Crippen LogP contribution in [0.1, 0.15) is 22.3 Å². The summed E-state index contributed by atoms with van der Waals surface area (Å²) in [5, 5.41) is 2.91. The largest absolute Gasteiger partial charge is 0.496 e. The molecule has 2 aromatic rings. The lowest BCUT2D eigenvalue weighted by molar-refractivity contribution is -0.120. The van der Waals surface area contributed by atoms with Crippen LogP contribution in [0.5, 0.6) is 5.75 Å². The first-order valence-electron chi connectivity index (χ1n) is 6.90. The number of ether oxygens (including phenoxy) is 1. The van der Waals surface area contributed by atoms with Gasteiger partial charge in [0.05, 0.1) is 13.5 Å². The van der Waals surface area contributed by atoms with E-state index < -0.39 is 0 Å². The minimum atomic E-state index is 0.00604. The fourth-order valence-electron chi connectivity index (χ4n) is 2.20. The summed E-state index contributed by atoms with van der Waals surface area (Å²) in [6, 6.07) is 7.78. The Morgan fingerprint density at radius 1 is 1.29 bits per heavy atom. The summed E-state index contributed by atoms with van der Waals surface area (Å²) in [6.45, 7) is 4.47. The summed E-state index contributed by atoms with van der Waals surface area (Å²) < 4.78 is 5.28. The van der Waals surface area contributed by atoms with Crippen LogP contribution in [0, 0.1) is 13.8 Å². The Kier molecular flexibility index (Phi) is 4.93. The highest BCUT2D eigenvalue weighted by Crippen LogP contribution is 2.22. The van der Waals surface area contributed by atoms with Crippen LogP contribution in [0.3, 0.4) is 0 Å². The maximum Gasteiger partial charge on any atom is 0.224 e. The molecule has 1 heterocycles. The molecule has 0 saturated carbocycles. The SMILES string of the molecule is COc1cc(C)c(CC(=O)NCc2cccnc2)cc1C. The van der Waals surface area contributed by atoms with Crippen molar-refractivity contribution in [1.29, 1.82) is 0 Å². The molecule has 1 N–H and O–H groups in total. The number of nitrogens with one attached hydrogen (secondary N) is 1. The number of hydrogen-bond acceptors (Lipinski definition) is 3. The molecule has 0 radical (unpaired) electrons. The standard InChI is InChI=1S/C17H20N2O2/c1-12-8-16(21-3)13(2)7-15(12)9-17(20)19-11-14-5-4-6-18-10-14/h4-8,10H,9,11H2,1-3H3,(H,19,20). The number of methoxy groups -OCH3 is 1. The molecule has 0 unspecified atom stereocenters. The van der Waals surface area contributed by atoms with E-state index in [1.807, 2.05) is 38.1 Å². The minimum Gasteiger partial charge on any atom is -0.496 e. The van der Waals surface area contributed by atoms with E-state index in [0.717, 1.165) is 28.0 Å². The second-order valence-electron chi connectivity index (χ2n) is 5.06. The molecule has 1 aromatic heterocycles. The van der Waals surface area contributed by atoms with Gasteiger partial charge in [-0.1, -0.05) is 12.1 Å². The average Bonchev–Trinajstić information content (AvgIpc) is 2.49. The lowest BCUT2D eigenvalue weighted by Crippen LogP contribution is -2.25. The topological polar surface area (TPSA) is 51.2 Å². The number of aryl methyl sites for hydroxylation is 2. The average molecular weight is 284 g/mol. The van der Waals surface area contributed by atoms with Gasteiger partial charge in [-0.2, -0.15) is 0 Å². The molecule has 4 heteroatoms. The fourth-order valence-corrected chi connectivity index (χ4v) is 2.20. The highest BCUT2D eigenvalue weighted by Gasteiger charge is 2.09. The molecule has 0 aliphatic rings. The van der Waals surface area contributed by atoms with Crippen molar-refractivity contribution in [2.45, 2.75) is 26.8 Å². The van der Waals surface area contributed by atoms with Gasteiger partial charge < -0.3 is 10.1 Å². The third kappa shape index (κ3) is 4.05. The summed E-state index contributed by atoms with van der Waals surface area (Å²) >= 11 is 0. The van der Waals surface area contributed by atoms with E-state index in [1.54, 1.807) is 19.5 Å². The number of amides is 1. The predicted octanol–water partition coefficient (Wildman–Crippen LogP) is 2.57. The van der Waals surface area contributed by atoms with Gasteiger partial charge in [0.2, 0.25) is 5.91 Å². The van der Waals surface area contributed by atoms with Gasteiger partial charge in [-0.3, -0.25) is 9.78 Å². The second kappa shape index (κ2) is 6.88. The van der Waals surface area contributed by atoms with Crippen LogP contribution in [-0.2, 0) is 17.8 Å². The molecule has 0 bridgehead atoms. The number of carbonyl (C=O) groups excluding carboxylic acids is 1. The minimum absolute atomic E-state index is 0.00604. The molecular formula is C17H20N2O2. The zero-order valence-electron chi connectivity index (χ0n) is 12.6. The van der Waals surface area contributed by atoms with Crippen LogP contribution in [0.25, 0.3) is 0 Å². The Labute approximate surface area is 125 Å². The second-order valence-corrected chi connectivity index (χ2v) is 5.06. The number of aromatic nitrogens is 1. The Morgan fingerprint density at radius 2 is 2.10 bits per heavy atom. The smallest absolute Gasteiger partial charge is 0.224 e. The van der Waals surface area contributed by atoms with Crippen molar-refractivity contribution in [1.82, 2.24) is 10.3 Å². The van der Waals surface area contributed by atoms with Crippen molar-refractivity contribution in [3.05, 3.63) is 58.9 Å². The summed E-state index contributed by atoms with van der Waals surface area (Å²) in [6.07, 6.45) is 3.84. The van der Waals surface area contributed by atoms with Crippen LogP contribution in [-0.4, -0.2) is 18.0 Å². The van der Waals surface area contributed by atoms with Crippen LogP contribution >= 0.6 is 0 Å². The van der Waals surface area contributed by atoms with Crippen LogP contribution in [0.4, 0.5) is 0 Å². The third-order valence-electron chi connectivity index (χ3n) is 3.42. The first-order valence-corrected chi connectivity index (χ1v) is 6.90. The van der Waals surface area contributed by atoms with E-state index in [-0.39, 0.29) is 5.91 Å². The number of hydrogen-bond donors (Lipinski definition) is 1. The van der Waals surface area contributed by atoms with E-state index >= 15 is 0 Å². The van der Waals surface area contributed by atoms with Gasteiger partial charge in [-0.05, 0) is 48.2 Å². The molecule has 1 amide bonds. The van der Waals surface area contributed by atoms with Gasteiger partial charge in [-0.15, -0.1) is 0 Å². The van der Waals surface area contributed by atoms with E-state index in [9.17, 15) is 4.79 Å². The molecule has 21 heavy (non-hydrogen) atoms. The van der Waals surface area contributed by atoms with Gasteiger partial charge in [0, 0.05) is 18.9 Å². The Hall–Kier alpha value is -2.36. The lowest BCUT2D eigenvalue weighted by Gasteiger charge is -2.11. The highest BCUT2D eigenvalue weighted by atomic mass is 16.5. The molecule has 0 aliphatic carbocycles. The molecule has 0 saturated heterocycles. The Morgan fingerprint density at radius 3 is 2.76 bits per heavy atom. The third-order valence-corrected chi connectivity index (χ3v) is 3.42. The summed E-state index contributed by atoms with van der Waals surface area (Å²) in [7, 11) is 1.65. The number of rotatable bonds is 5. The van der Waals surface area contributed by atoms with Gasteiger partial charge in [0.15, 0.2) is 0 Å². The number of carbonyl (C=O) groups is 1. The van der Waals surface area contributed by atoms with E-state index in [1.165, 1.54) is 0 Å². The van der Waals surface area contributed by atoms with Crippen LogP contribution in [0.2, 0.25) is 0 Å². The Bertz CT molecular complexity index is 624. The van der Waals surface area contributed by atoms with E-state index in [0.29, 0.717) is 13.0 Å². The van der Waals surface area contributed by atoms with Crippen molar-refractivity contribution in [2.24, 2.45) is 0 Å². The molecule has 110 valence electrons. The van der Waals surface area contributed by atoms with Crippen molar-refractivity contribution in [3.63, 3.8) is 0 Å². The van der Waals surface area contributed by atoms with Crippen molar-refractivity contribution in [2.75, 3.05) is 7.11 Å². The fraction of sp³-hybridized carbons (Fsp3) is 0.294. The van der Waals surface area contributed by atoms with Gasteiger partial charge in [-0.25, -0.2) is 0 Å². The zero-order chi connectivity index (χ0) is 15.2. The van der Waals surface area contributed by atoms with Crippen molar-refractivity contribution < 1.29 is 9.53 Å². The summed E-state index contributed by atoms with van der Waals surface area (Å²) in [4.78, 5) is 16.1. The zero-order valence-corrected chi connectivity index (χ0v) is 12.6. The monoisotopic (exact) mass is 284 g/mol. The van der Waals surface area contributed by atoms with Gasteiger partial charge in [0.25, 0.3) is 0 Å². The Balaban J connectivity index is 1.98. The molecule has 0 aliphatic heterocycles.